The number of nitrogens with zero attached hydrogens (tertiary/aromatic N) is 2. The third-order valence-electron chi connectivity index (χ3n) is 6.63. The number of fused-ring (bicyclic) bond motifs is 1. The molecule has 40 heavy (non-hydrogen) atoms. The third kappa shape index (κ3) is 6.86. The molecule has 1 aliphatic heterocycles. The van der Waals surface area contributed by atoms with Gasteiger partial charge in [-0.2, -0.15) is 0 Å². The lowest BCUT2D eigenvalue weighted by Gasteiger charge is -2.30. The molecule has 0 aromatic heterocycles. The van der Waals surface area contributed by atoms with Crippen molar-refractivity contribution in [3.63, 3.8) is 0 Å². The summed E-state index contributed by atoms with van der Waals surface area (Å²) in [5.74, 6) is -0.554. The monoisotopic (exact) mass is 551 g/mol. The van der Waals surface area contributed by atoms with Gasteiger partial charge in [-0.3, -0.25) is 9.59 Å². The molecule has 0 atom stereocenters. The van der Waals surface area contributed by atoms with E-state index < -0.39 is 0 Å². The van der Waals surface area contributed by atoms with E-state index >= 15 is 0 Å². The highest BCUT2D eigenvalue weighted by Gasteiger charge is 2.29. The number of halogens is 1. The van der Waals surface area contributed by atoms with Crippen LogP contribution < -0.4 is 10.2 Å². The molecule has 1 heterocycles. The van der Waals surface area contributed by atoms with Crippen molar-refractivity contribution in [1.29, 1.82) is 0 Å². The van der Waals surface area contributed by atoms with Crippen molar-refractivity contribution < 1.29 is 14.0 Å². The van der Waals surface area contributed by atoms with E-state index in [0.29, 0.717) is 23.6 Å². The molecule has 7 heteroatoms. The normalized spacial score (nSPS) is 13.9. The standard InChI is InChI=1S/C33H30FN3O2S/c1-36(22-25-7-3-2-4-8-25)20-19-35-32(38)27-15-11-24(12-16-27)21-31-33(39)37(23-26-13-17-28(34)18-14-26)29-9-5-6-10-30(29)40-31/h2-18,21H,19-20,22-23H2,1H3,(H,35,38)/b31-21-. The molecule has 0 bridgehead atoms. The van der Waals surface area contributed by atoms with Crippen LogP contribution in [0.3, 0.4) is 0 Å². The van der Waals surface area contributed by atoms with E-state index in [4.69, 9.17) is 0 Å². The molecule has 0 radical (unpaired) electrons. The Kier molecular flexibility index (Phi) is 8.74. The number of likely N-dealkylation sites (N-methyl/N-ethyl adjacent to an activating group) is 1. The summed E-state index contributed by atoms with van der Waals surface area (Å²) in [5, 5.41) is 2.98. The van der Waals surface area contributed by atoms with Gasteiger partial charge in [-0.15, -0.1) is 0 Å². The molecular formula is C33H30FN3O2S. The smallest absolute Gasteiger partial charge is 0.265 e. The van der Waals surface area contributed by atoms with Gasteiger partial charge in [0.2, 0.25) is 0 Å². The van der Waals surface area contributed by atoms with Gasteiger partial charge in [-0.1, -0.05) is 78.5 Å². The Balaban J connectivity index is 1.23. The SMILES string of the molecule is CN(CCNC(=O)c1ccc(/C=C2\Sc3ccccc3N(Cc3ccc(F)cc3)C2=O)cc1)Cc1ccccc1. The van der Waals surface area contributed by atoms with Crippen LogP contribution in [0, 0.1) is 5.82 Å². The highest BCUT2D eigenvalue weighted by atomic mass is 32.2. The lowest BCUT2D eigenvalue weighted by atomic mass is 10.1. The molecular weight excluding hydrogens is 521 g/mol. The van der Waals surface area contributed by atoms with Crippen molar-refractivity contribution >= 4 is 35.3 Å². The maximum Gasteiger partial charge on any atom is 0.265 e. The van der Waals surface area contributed by atoms with E-state index in [9.17, 15) is 14.0 Å². The van der Waals surface area contributed by atoms with Crippen LogP contribution in [-0.4, -0.2) is 36.9 Å². The van der Waals surface area contributed by atoms with E-state index in [1.165, 1.54) is 29.5 Å². The number of benzene rings is 4. The Morgan fingerprint density at radius 1 is 0.900 bits per heavy atom. The predicted molar refractivity (Wildman–Crippen MR) is 159 cm³/mol. The van der Waals surface area contributed by atoms with Gasteiger partial charge >= 0.3 is 0 Å². The van der Waals surface area contributed by atoms with Crippen molar-refractivity contribution in [2.24, 2.45) is 0 Å². The Morgan fingerprint density at radius 2 is 1.60 bits per heavy atom. The molecule has 0 saturated carbocycles. The van der Waals surface area contributed by atoms with Gasteiger partial charge in [0.05, 0.1) is 17.1 Å². The molecule has 0 spiro atoms. The van der Waals surface area contributed by atoms with Gasteiger partial charge in [0.15, 0.2) is 0 Å². The first kappa shape index (κ1) is 27.4. The van der Waals surface area contributed by atoms with Crippen LogP contribution in [-0.2, 0) is 17.9 Å². The highest BCUT2D eigenvalue weighted by Crippen LogP contribution is 2.42. The first-order valence-electron chi connectivity index (χ1n) is 13.1. The number of nitrogens with one attached hydrogen (secondary N) is 1. The van der Waals surface area contributed by atoms with Crippen LogP contribution in [0.4, 0.5) is 10.1 Å². The third-order valence-corrected chi connectivity index (χ3v) is 7.71. The summed E-state index contributed by atoms with van der Waals surface area (Å²) in [6, 6.07) is 31.4. The quantitative estimate of drug-likeness (QED) is 0.246. The maximum absolute atomic E-state index is 13.5. The summed E-state index contributed by atoms with van der Waals surface area (Å²) >= 11 is 1.43. The van der Waals surface area contributed by atoms with E-state index in [2.05, 4.69) is 22.3 Å². The molecule has 202 valence electrons. The minimum Gasteiger partial charge on any atom is -0.351 e. The van der Waals surface area contributed by atoms with E-state index in [1.54, 1.807) is 29.2 Å². The summed E-state index contributed by atoms with van der Waals surface area (Å²) < 4.78 is 13.4. The first-order chi connectivity index (χ1) is 19.5. The molecule has 0 aliphatic carbocycles. The second kappa shape index (κ2) is 12.8. The summed E-state index contributed by atoms with van der Waals surface area (Å²) in [6.07, 6.45) is 1.85. The fourth-order valence-corrected chi connectivity index (χ4v) is 5.57. The number of carbonyl (C=O) groups is 2. The number of anilines is 1. The molecule has 0 unspecified atom stereocenters. The number of para-hydroxylation sites is 1. The lowest BCUT2D eigenvalue weighted by molar-refractivity contribution is -0.114. The Morgan fingerprint density at radius 3 is 2.35 bits per heavy atom. The van der Waals surface area contributed by atoms with Crippen LogP contribution in [0.2, 0.25) is 0 Å². The second-order valence-corrected chi connectivity index (χ2v) is 10.8. The van der Waals surface area contributed by atoms with Crippen molar-refractivity contribution in [1.82, 2.24) is 10.2 Å². The van der Waals surface area contributed by atoms with Gasteiger partial charge in [-0.25, -0.2) is 4.39 Å². The highest BCUT2D eigenvalue weighted by molar-refractivity contribution is 8.04. The van der Waals surface area contributed by atoms with Crippen molar-refractivity contribution in [2.75, 3.05) is 25.0 Å². The van der Waals surface area contributed by atoms with Crippen LogP contribution in [0.5, 0.6) is 0 Å². The van der Waals surface area contributed by atoms with Crippen LogP contribution in [0.15, 0.2) is 113 Å². The molecule has 0 saturated heterocycles. The fourth-order valence-electron chi connectivity index (χ4n) is 4.51. The van der Waals surface area contributed by atoms with E-state index in [-0.39, 0.29) is 17.6 Å². The molecule has 1 N–H and O–H groups in total. The first-order valence-corrected chi connectivity index (χ1v) is 13.9. The molecule has 5 nitrogen and oxygen atoms in total. The molecule has 2 amide bonds. The summed E-state index contributed by atoms with van der Waals surface area (Å²) in [6.45, 7) is 2.44. The van der Waals surface area contributed by atoms with Gasteiger partial charge in [0.1, 0.15) is 5.82 Å². The van der Waals surface area contributed by atoms with Crippen molar-refractivity contribution in [3.8, 4) is 0 Å². The van der Waals surface area contributed by atoms with E-state index in [1.807, 2.05) is 67.7 Å². The predicted octanol–water partition coefficient (Wildman–Crippen LogP) is 6.37. The number of thioether (sulfide) groups is 1. The topological polar surface area (TPSA) is 52.7 Å². The Hall–Kier alpha value is -4.20. The zero-order chi connectivity index (χ0) is 27.9. The van der Waals surface area contributed by atoms with Gasteiger partial charge < -0.3 is 15.1 Å². The van der Waals surface area contributed by atoms with Gasteiger partial charge in [-0.05, 0) is 66.2 Å². The van der Waals surface area contributed by atoms with Crippen LogP contribution in [0.25, 0.3) is 6.08 Å². The minimum atomic E-state index is -0.308. The summed E-state index contributed by atoms with van der Waals surface area (Å²) in [5.41, 5.74) is 4.31. The zero-order valence-corrected chi connectivity index (χ0v) is 23.0. The average molecular weight is 552 g/mol. The van der Waals surface area contributed by atoms with Gasteiger partial charge in [0.25, 0.3) is 11.8 Å². The molecule has 5 rings (SSSR count). The van der Waals surface area contributed by atoms with E-state index in [0.717, 1.165) is 34.8 Å². The largest absolute Gasteiger partial charge is 0.351 e. The number of hydrogen-bond acceptors (Lipinski definition) is 4. The maximum atomic E-state index is 13.5. The number of carbonyl (C=O) groups excluding carboxylic acids is 2. The number of rotatable bonds is 9. The Labute approximate surface area is 238 Å². The van der Waals surface area contributed by atoms with Crippen molar-refractivity contribution in [2.45, 2.75) is 18.0 Å². The minimum absolute atomic E-state index is 0.116. The Bertz CT molecular complexity index is 1510. The van der Waals surface area contributed by atoms with Crippen LogP contribution in [0.1, 0.15) is 27.0 Å². The average Bonchev–Trinajstić information content (AvgIpc) is 2.97. The van der Waals surface area contributed by atoms with Gasteiger partial charge in [0, 0.05) is 30.1 Å². The fraction of sp³-hybridized carbons (Fsp3) is 0.152. The molecule has 4 aromatic rings. The van der Waals surface area contributed by atoms with Crippen LogP contribution >= 0.6 is 11.8 Å². The molecule has 4 aromatic carbocycles. The second-order valence-electron chi connectivity index (χ2n) is 9.70. The molecule has 1 aliphatic rings. The number of hydrogen-bond donors (Lipinski definition) is 1. The lowest BCUT2D eigenvalue weighted by Crippen LogP contribution is -2.33. The summed E-state index contributed by atoms with van der Waals surface area (Å²) in [7, 11) is 2.03. The molecule has 0 fully saturated rings. The number of amides is 2. The summed E-state index contributed by atoms with van der Waals surface area (Å²) in [4.78, 5) is 31.7. The van der Waals surface area contributed by atoms with Crippen molar-refractivity contribution in [3.05, 3.63) is 136 Å². The zero-order valence-electron chi connectivity index (χ0n) is 22.2.